The molecule has 1 aliphatic carbocycles. The molecule has 1 N–H and O–H groups in total. The lowest BCUT2D eigenvalue weighted by atomic mass is 9.93. The van der Waals surface area contributed by atoms with Crippen molar-refractivity contribution in [2.24, 2.45) is 11.8 Å². The van der Waals surface area contributed by atoms with Crippen molar-refractivity contribution in [3.05, 3.63) is 35.9 Å². The zero-order valence-corrected chi connectivity index (χ0v) is 13.6. The summed E-state index contributed by atoms with van der Waals surface area (Å²) in [6.45, 7) is 8.35. The highest BCUT2D eigenvalue weighted by Gasteiger charge is 2.32. The van der Waals surface area contributed by atoms with Gasteiger partial charge in [-0.15, -0.1) is 0 Å². The number of piperazine rings is 1. The third-order valence-electron chi connectivity index (χ3n) is 5.68. The van der Waals surface area contributed by atoms with E-state index in [1.165, 1.54) is 44.3 Å². The fraction of sp³-hybridized carbons (Fsp3) is 0.684. The Hall–Kier alpha value is -0.860. The molecule has 2 fully saturated rings. The smallest absolute Gasteiger partial charge is 0.0473 e. The molecule has 0 amide bonds. The average molecular weight is 286 g/mol. The molecule has 4 unspecified atom stereocenters. The summed E-state index contributed by atoms with van der Waals surface area (Å²) in [6, 6.07) is 12.3. The molecule has 0 bridgehead atoms. The van der Waals surface area contributed by atoms with Gasteiger partial charge in [0.25, 0.3) is 0 Å². The zero-order valence-electron chi connectivity index (χ0n) is 13.6. The molecule has 1 heterocycles. The minimum Gasteiger partial charge on any atom is -0.311 e. The molecular formula is C19H30N2. The number of nitrogens with one attached hydrogen (secondary N) is 1. The summed E-state index contributed by atoms with van der Waals surface area (Å²) < 4.78 is 0. The van der Waals surface area contributed by atoms with Crippen molar-refractivity contribution in [2.75, 3.05) is 19.6 Å². The van der Waals surface area contributed by atoms with Crippen LogP contribution in [0.2, 0.25) is 0 Å². The molecule has 1 aromatic carbocycles. The van der Waals surface area contributed by atoms with Crippen molar-refractivity contribution in [3.8, 4) is 0 Å². The molecule has 3 rings (SSSR count). The lowest BCUT2D eigenvalue weighted by Gasteiger charge is -2.42. The molecule has 2 aliphatic rings. The van der Waals surface area contributed by atoms with E-state index in [1.807, 2.05) is 0 Å². The van der Waals surface area contributed by atoms with Crippen molar-refractivity contribution < 1.29 is 0 Å². The first-order valence-corrected chi connectivity index (χ1v) is 8.80. The third-order valence-corrected chi connectivity index (χ3v) is 5.68. The number of hydrogen-bond acceptors (Lipinski definition) is 2. The second kappa shape index (κ2) is 6.93. The maximum Gasteiger partial charge on any atom is 0.0473 e. The number of nitrogens with zero attached hydrogens (tertiary/aromatic N) is 1. The summed E-state index contributed by atoms with van der Waals surface area (Å²) in [7, 11) is 0. The number of benzene rings is 1. The minimum atomic E-state index is 0.557. The van der Waals surface area contributed by atoms with Crippen LogP contribution < -0.4 is 5.32 Å². The van der Waals surface area contributed by atoms with Gasteiger partial charge in [-0.3, -0.25) is 4.90 Å². The molecule has 116 valence electrons. The Labute approximate surface area is 129 Å². The second-order valence-corrected chi connectivity index (χ2v) is 7.06. The van der Waals surface area contributed by atoms with Crippen LogP contribution in [0.15, 0.2) is 30.3 Å². The van der Waals surface area contributed by atoms with Crippen molar-refractivity contribution >= 4 is 0 Å². The van der Waals surface area contributed by atoms with Crippen LogP contribution in [-0.4, -0.2) is 30.6 Å². The Bertz CT molecular complexity index is 430. The molecule has 1 aromatic rings. The van der Waals surface area contributed by atoms with Gasteiger partial charge < -0.3 is 5.32 Å². The monoisotopic (exact) mass is 286 g/mol. The summed E-state index contributed by atoms with van der Waals surface area (Å²) in [5.41, 5.74) is 1.48. The van der Waals surface area contributed by atoms with Gasteiger partial charge in [-0.05, 0) is 30.2 Å². The van der Waals surface area contributed by atoms with Gasteiger partial charge in [-0.2, -0.15) is 0 Å². The molecule has 2 heteroatoms. The summed E-state index contributed by atoms with van der Waals surface area (Å²) in [4.78, 5) is 2.77. The second-order valence-electron chi connectivity index (χ2n) is 7.06. The average Bonchev–Trinajstić information content (AvgIpc) is 2.93. The van der Waals surface area contributed by atoms with E-state index in [-0.39, 0.29) is 0 Å². The molecule has 1 saturated heterocycles. The lowest BCUT2D eigenvalue weighted by molar-refractivity contribution is 0.100. The molecule has 1 saturated carbocycles. The van der Waals surface area contributed by atoms with Gasteiger partial charge in [0, 0.05) is 31.7 Å². The zero-order chi connectivity index (χ0) is 14.7. The molecule has 0 aromatic heterocycles. The van der Waals surface area contributed by atoms with Gasteiger partial charge in [-0.1, -0.05) is 57.0 Å². The van der Waals surface area contributed by atoms with E-state index < -0.39 is 0 Å². The predicted octanol–water partition coefficient (Wildman–Crippen LogP) is 3.85. The van der Waals surface area contributed by atoms with Gasteiger partial charge in [0.2, 0.25) is 0 Å². The highest BCUT2D eigenvalue weighted by atomic mass is 15.2. The Morgan fingerprint density at radius 3 is 2.67 bits per heavy atom. The third kappa shape index (κ3) is 3.49. The van der Waals surface area contributed by atoms with Crippen LogP contribution in [0.3, 0.4) is 0 Å². The Balaban J connectivity index is 1.73. The first-order chi connectivity index (χ1) is 10.3. The van der Waals surface area contributed by atoms with E-state index in [9.17, 15) is 0 Å². The van der Waals surface area contributed by atoms with Gasteiger partial charge >= 0.3 is 0 Å². The van der Waals surface area contributed by atoms with Gasteiger partial charge in [0.05, 0.1) is 0 Å². The van der Waals surface area contributed by atoms with Crippen LogP contribution in [0.1, 0.15) is 51.1 Å². The van der Waals surface area contributed by atoms with Gasteiger partial charge in [0.15, 0.2) is 0 Å². The van der Waals surface area contributed by atoms with E-state index >= 15 is 0 Å². The van der Waals surface area contributed by atoms with E-state index in [0.717, 1.165) is 18.4 Å². The molecule has 2 nitrogen and oxygen atoms in total. The standard InChI is InChI=1S/C19H30N2/c1-3-18-14-21(13-17-11-7-8-15(17)2)19(12-20-18)16-9-5-4-6-10-16/h4-6,9-10,15,17-20H,3,7-8,11-14H2,1-2H3. The highest BCUT2D eigenvalue weighted by Crippen LogP contribution is 2.34. The van der Waals surface area contributed by atoms with Crippen LogP contribution in [0, 0.1) is 11.8 Å². The molecule has 0 spiro atoms. The SMILES string of the molecule is CCC1CN(CC2CCCC2C)C(c2ccccc2)CN1. The highest BCUT2D eigenvalue weighted by molar-refractivity contribution is 5.20. The Morgan fingerprint density at radius 1 is 1.19 bits per heavy atom. The van der Waals surface area contributed by atoms with Gasteiger partial charge in [0.1, 0.15) is 0 Å². The van der Waals surface area contributed by atoms with Crippen LogP contribution in [0.4, 0.5) is 0 Å². The lowest BCUT2D eigenvalue weighted by Crippen LogP contribution is -2.53. The summed E-state index contributed by atoms with van der Waals surface area (Å²) in [5.74, 6) is 1.82. The molecule has 21 heavy (non-hydrogen) atoms. The van der Waals surface area contributed by atoms with Crippen LogP contribution >= 0.6 is 0 Å². The first-order valence-electron chi connectivity index (χ1n) is 8.80. The first kappa shape index (κ1) is 15.1. The Kier molecular flexibility index (Phi) is 4.97. The fourth-order valence-electron chi connectivity index (χ4n) is 4.16. The maximum atomic E-state index is 3.74. The normalized spacial score (nSPS) is 34.2. The summed E-state index contributed by atoms with van der Waals surface area (Å²) in [5, 5.41) is 3.74. The quantitative estimate of drug-likeness (QED) is 0.904. The number of rotatable bonds is 4. The van der Waals surface area contributed by atoms with Crippen LogP contribution in [0.5, 0.6) is 0 Å². The topological polar surface area (TPSA) is 15.3 Å². The molecule has 4 atom stereocenters. The molecular weight excluding hydrogens is 256 g/mol. The summed E-state index contributed by atoms with van der Waals surface area (Å²) >= 11 is 0. The van der Waals surface area contributed by atoms with E-state index in [1.54, 1.807) is 0 Å². The number of hydrogen-bond donors (Lipinski definition) is 1. The van der Waals surface area contributed by atoms with E-state index in [2.05, 4.69) is 54.4 Å². The minimum absolute atomic E-state index is 0.557. The van der Waals surface area contributed by atoms with Crippen molar-refractivity contribution in [2.45, 2.75) is 51.6 Å². The Morgan fingerprint density at radius 2 is 2.00 bits per heavy atom. The van der Waals surface area contributed by atoms with Gasteiger partial charge in [-0.25, -0.2) is 0 Å². The molecule has 0 radical (unpaired) electrons. The largest absolute Gasteiger partial charge is 0.311 e. The van der Waals surface area contributed by atoms with E-state index in [0.29, 0.717) is 12.1 Å². The maximum absolute atomic E-state index is 3.74. The van der Waals surface area contributed by atoms with Crippen molar-refractivity contribution in [3.63, 3.8) is 0 Å². The molecule has 1 aliphatic heterocycles. The van der Waals surface area contributed by atoms with Crippen molar-refractivity contribution in [1.29, 1.82) is 0 Å². The van der Waals surface area contributed by atoms with Crippen LogP contribution in [-0.2, 0) is 0 Å². The fourth-order valence-corrected chi connectivity index (χ4v) is 4.16. The van der Waals surface area contributed by atoms with Crippen molar-refractivity contribution in [1.82, 2.24) is 10.2 Å². The summed E-state index contributed by atoms with van der Waals surface area (Å²) in [6.07, 6.45) is 5.54. The predicted molar refractivity (Wildman–Crippen MR) is 89.3 cm³/mol. The van der Waals surface area contributed by atoms with Crippen LogP contribution in [0.25, 0.3) is 0 Å². The van der Waals surface area contributed by atoms with E-state index in [4.69, 9.17) is 0 Å².